The Morgan fingerprint density at radius 1 is 0.455 bits per heavy atom. The molecule has 1 N–H and O–H groups in total. The van der Waals surface area contributed by atoms with Gasteiger partial charge in [0.2, 0.25) is 5.92 Å². The highest BCUT2D eigenvalue weighted by atomic mass is 32.2. The number of rotatable bonds is 23. The van der Waals surface area contributed by atoms with E-state index >= 15 is 0 Å². The summed E-state index contributed by atoms with van der Waals surface area (Å²) in [6.07, 6.45) is 45.8. The van der Waals surface area contributed by atoms with Gasteiger partial charge >= 0.3 is 0 Å². The molecule has 0 aromatic heterocycles. The predicted octanol–water partition coefficient (Wildman–Crippen LogP) is 37.1. The minimum Gasteiger partial charge on any atom is -0.390 e. The average Bonchev–Trinajstić information content (AvgIpc) is 1.58. The number of hydrogen-bond donors (Lipinski definition) is 1. The van der Waals surface area contributed by atoms with Gasteiger partial charge < -0.3 is 9.84 Å². The van der Waals surface area contributed by atoms with Gasteiger partial charge in [0.1, 0.15) is 11.3 Å². The lowest BCUT2D eigenvalue weighted by Gasteiger charge is -2.37. The van der Waals surface area contributed by atoms with Crippen LogP contribution in [0.3, 0.4) is 0 Å². The van der Waals surface area contributed by atoms with Crippen molar-refractivity contribution >= 4 is 11.8 Å². The fourth-order valence-corrected chi connectivity index (χ4v) is 19.0. The van der Waals surface area contributed by atoms with Crippen LogP contribution >= 0.6 is 11.8 Å². The van der Waals surface area contributed by atoms with E-state index in [2.05, 4.69) is 237 Å². The molecule has 15 fully saturated rings. The van der Waals surface area contributed by atoms with Gasteiger partial charge in [-0.15, -0.1) is 6.58 Å². The Labute approximate surface area is 752 Å². The van der Waals surface area contributed by atoms with Gasteiger partial charge in [-0.2, -0.15) is 11.8 Å². The predicted molar refractivity (Wildman–Crippen MR) is 516 cm³/mol. The Morgan fingerprint density at radius 3 is 0.983 bits per heavy atom. The van der Waals surface area contributed by atoms with E-state index in [1.165, 1.54) is 127 Å². The second kappa shape index (κ2) is 51.9. The van der Waals surface area contributed by atoms with E-state index in [1.807, 2.05) is 13.8 Å². The highest BCUT2D eigenvalue weighted by Gasteiger charge is 2.57. The van der Waals surface area contributed by atoms with Gasteiger partial charge in [-0.05, 0) is 344 Å². The summed E-state index contributed by atoms with van der Waals surface area (Å²) in [7, 11) is 0. The minimum absolute atomic E-state index is 0.130. The zero-order valence-corrected chi connectivity index (χ0v) is 87.0. The maximum Gasteiger partial charge on any atom is 0.253 e. The molecule has 0 spiro atoms. The largest absolute Gasteiger partial charge is 0.390 e. The third-order valence-corrected chi connectivity index (χ3v) is 30.2. The van der Waals surface area contributed by atoms with Crippen molar-refractivity contribution in [2.45, 2.75) is 494 Å². The third-order valence-electron chi connectivity index (χ3n) is 28.8. The Hall–Kier alpha value is -0.810. The number of alkyl halides is 8. The Bertz CT molecular complexity index is 2670. The lowest BCUT2D eigenvalue weighted by molar-refractivity contribution is -0.122. The molecule has 13 saturated carbocycles. The monoisotopic (exact) mass is 1740 g/mol. The average molecular weight is 1740 g/mol. The Kier molecular flexibility index (Phi) is 49.8. The van der Waals surface area contributed by atoms with Crippen molar-refractivity contribution in [3.05, 3.63) is 24.8 Å². The van der Waals surface area contributed by atoms with Crippen LogP contribution in [0.15, 0.2) is 24.8 Å². The van der Waals surface area contributed by atoms with Gasteiger partial charge in [0.25, 0.3) is 11.8 Å². The molecular weight excluding hydrogens is 1540 g/mol. The van der Waals surface area contributed by atoms with Gasteiger partial charge in [0, 0.05) is 42.9 Å². The summed E-state index contributed by atoms with van der Waals surface area (Å²) in [5, 5.41) is 9.58. The van der Waals surface area contributed by atoms with Crippen molar-refractivity contribution in [1.29, 1.82) is 0 Å². The molecule has 14 aliphatic carbocycles. The maximum absolute atomic E-state index is 13.2. The molecule has 16 rings (SSSR count). The van der Waals surface area contributed by atoms with Gasteiger partial charge in [-0.3, -0.25) is 0 Å². The van der Waals surface area contributed by atoms with E-state index in [-0.39, 0.29) is 36.7 Å². The van der Waals surface area contributed by atoms with Crippen molar-refractivity contribution in [3.8, 4) is 0 Å². The quantitative estimate of drug-likeness (QED) is 0.0817. The first-order valence-electron chi connectivity index (χ1n) is 51.0. The summed E-state index contributed by atoms with van der Waals surface area (Å²) in [6, 6.07) is 0. The van der Waals surface area contributed by atoms with Crippen LogP contribution in [0.1, 0.15) is 460 Å². The van der Waals surface area contributed by atoms with E-state index in [9.17, 15) is 40.2 Å². The normalized spacial score (nSPS) is 27.7. The van der Waals surface area contributed by atoms with Crippen LogP contribution in [-0.4, -0.2) is 64.5 Å². The van der Waals surface area contributed by atoms with E-state index in [1.54, 1.807) is 13.8 Å². The second-order valence-electron chi connectivity index (χ2n) is 50.6. The van der Waals surface area contributed by atoms with Crippen LogP contribution in [0.2, 0.25) is 0 Å². The number of halogens is 8. The number of allylic oxidation sites excluding steroid dienone is 3. The standard InChI is InChI=1S/C9H16.2C8H14F2.C8H15F.C8H16O.C8H14.C8H16.C7H12F2.C7H13F.C7H14O.C7H14S.C7H14.C7H12.C6H12.C5H10/c1-8(2)7-9-5-3-4-6-9;1-6(2)3-7-4-8(9,10)5-7;1-6(2)8(9,10)7-4-3-5-7;2*1-7(2)6-8(9)4-3-5-8;1-8(2)5-7(8)6-3-4-6;1-7(2)6-8(3)4-5-8;1-5(2)3-6-4-7(6,8)9;1-6(2)5-7(8)3-4-7;2*1-6(2)3-7-4-8-5-7;2*1-4-6-5-7(6,2)3;1-5-4-6(5,2)3;1-5(2)3-4-5/h3,5,8-9H,4,6-7H2,1-2H3;2*6-7H,3-5H2,1-2H3;7H,3-6H2,1-2H3;7,9H,3-6H2,1-2H3;6-7H,3-5H2,1-2H3;7H,4-6H2,1-3H3;5-6H,3-4H2,1-2H3;6H,3-5H2,1-2H3;2*6-7H,3-5H2,1-2H3;6H,4-5H2,1-3H3;4,6H,1,5H2,2-3H3;5H,4H2,1-3H3;3-4H2,1-2H3. The Balaban J connectivity index is 0.000000440. The molecule has 16 aliphatic rings. The zero-order chi connectivity index (χ0) is 92.9. The summed E-state index contributed by atoms with van der Waals surface area (Å²) in [4.78, 5) is 0. The number of ether oxygens (including phenoxy) is 1. The van der Waals surface area contributed by atoms with Gasteiger partial charge in [0.15, 0.2) is 0 Å². The molecule has 2 aliphatic heterocycles. The van der Waals surface area contributed by atoms with Crippen molar-refractivity contribution in [1.82, 2.24) is 0 Å². The van der Waals surface area contributed by atoms with Crippen molar-refractivity contribution in [2.24, 2.45) is 157 Å². The molecule has 2 heterocycles. The molecule has 0 radical (unpaired) electrons. The van der Waals surface area contributed by atoms with Crippen LogP contribution in [0.25, 0.3) is 0 Å². The molecule has 2 nitrogen and oxygen atoms in total. The summed E-state index contributed by atoms with van der Waals surface area (Å²) in [5.41, 5.74) is 2.56. The van der Waals surface area contributed by atoms with Crippen LogP contribution in [0.5, 0.6) is 0 Å². The zero-order valence-electron chi connectivity index (χ0n) is 86.1. The van der Waals surface area contributed by atoms with Gasteiger partial charge in [0.05, 0.1) is 18.8 Å². The first-order chi connectivity index (χ1) is 55.3. The van der Waals surface area contributed by atoms with Crippen molar-refractivity contribution < 1.29 is 45.0 Å². The molecule has 121 heavy (non-hydrogen) atoms. The van der Waals surface area contributed by atoms with Crippen LogP contribution in [0.4, 0.5) is 35.1 Å². The maximum atomic E-state index is 13.2. The number of hydrogen-bond acceptors (Lipinski definition) is 3. The number of aliphatic hydroxyl groups is 1. The molecular formula is C110H206F8O2S. The molecule has 11 heteroatoms. The van der Waals surface area contributed by atoms with Gasteiger partial charge in [-0.1, -0.05) is 260 Å². The van der Waals surface area contributed by atoms with Crippen LogP contribution in [0, 0.1) is 157 Å². The molecule has 6 unspecified atom stereocenters. The Morgan fingerprint density at radius 2 is 0.860 bits per heavy atom. The minimum atomic E-state index is -2.40. The summed E-state index contributed by atoms with van der Waals surface area (Å²) in [5.74, 6) is 9.28. The van der Waals surface area contributed by atoms with Crippen molar-refractivity contribution in [2.75, 3.05) is 24.7 Å². The lowest BCUT2D eigenvalue weighted by Crippen LogP contribution is -2.37. The van der Waals surface area contributed by atoms with Crippen LogP contribution < -0.4 is 0 Å². The molecule has 0 aromatic carbocycles. The summed E-state index contributed by atoms with van der Waals surface area (Å²) >= 11 is 2.09. The van der Waals surface area contributed by atoms with Gasteiger partial charge in [-0.25, -0.2) is 35.1 Å². The highest BCUT2D eigenvalue weighted by Crippen LogP contribution is 2.63. The first-order valence-corrected chi connectivity index (χ1v) is 52.1. The SMILES string of the molecule is C=CC1CC1(C)C.CC(C)C(F)(F)C1CCC1.CC(C)CC1(C)CC1.CC(C)CC1(F)CC1.CC(C)CC1(F)CCC1.CC(C)CC1(O)CCC1.CC(C)CC1C=CCC1.CC(C)CC1CC(F)(F)C1.CC(C)CC1CC1(F)F.CC(C)CC1COC1.CC(C)CC1CSC1.CC1(C)CC1.CC1(C)CC1C1CC1.CC1CC1(C)C.CCC1CC1(C)C. The fraction of sp³-hybridized carbons (Fsp3) is 0.964. The van der Waals surface area contributed by atoms with Crippen molar-refractivity contribution in [3.63, 3.8) is 0 Å². The topological polar surface area (TPSA) is 29.5 Å². The number of thioether (sulfide) groups is 1. The molecule has 6 atom stereocenters. The molecule has 0 amide bonds. The van der Waals surface area contributed by atoms with Crippen LogP contribution in [-0.2, 0) is 4.74 Å². The summed E-state index contributed by atoms with van der Waals surface area (Å²) in [6.45, 7) is 78.3. The van der Waals surface area contributed by atoms with E-state index in [0.29, 0.717) is 52.8 Å². The van der Waals surface area contributed by atoms with E-state index < -0.39 is 35.0 Å². The molecule has 0 bridgehead atoms. The highest BCUT2D eigenvalue weighted by molar-refractivity contribution is 8.00. The van der Waals surface area contributed by atoms with E-state index in [0.717, 1.165) is 196 Å². The lowest BCUT2D eigenvalue weighted by atomic mass is 9.75. The second-order valence-corrected chi connectivity index (χ2v) is 51.7. The fourth-order valence-electron chi connectivity index (χ4n) is 18.1. The molecule has 0 aromatic rings. The summed E-state index contributed by atoms with van der Waals surface area (Å²) < 4.78 is 106. The third kappa shape index (κ3) is 54.6. The first kappa shape index (κ1) is 116. The molecule has 720 valence electrons. The molecule has 2 saturated heterocycles. The smallest absolute Gasteiger partial charge is 0.253 e. The van der Waals surface area contributed by atoms with E-state index in [4.69, 9.17) is 4.74 Å².